The fourth-order valence-corrected chi connectivity index (χ4v) is 4.67. The summed E-state index contributed by atoms with van der Waals surface area (Å²) in [6.07, 6.45) is 2.92. The van der Waals surface area contributed by atoms with E-state index >= 15 is 0 Å². The molecule has 0 radical (unpaired) electrons. The zero-order valence-corrected chi connectivity index (χ0v) is 22.8. The van der Waals surface area contributed by atoms with Gasteiger partial charge in [0.15, 0.2) is 6.61 Å². The molecule has 0 saturated carbocycles. The molecule has 0 unspecified atom stereocenters. The second kappa shape index (κ2) is 11.0. The van der Waals surface area contributed by atoms with E-state index in [0.29, 0.717) is 29.8 Å². The Bertz CT molecular complexity index is 1160. The van der Waals surface area contributed by atoms with Gasteiger partial charge < -0.3 is 19.9 Å². The number of amides is 2. The second-order valence-corrected chi connectivity index (χ2v) is 11.3. The number of anilines is 1. The largest absolute Gasteiger partial charge is 0.483 e. The van der Waals surface area contributed by atoms with Crippen LogP contribution < -0.4 is 10.1 Å². The van der Waals surface area contributed by atoms with Gasteiger partial charge in [-0.25, -0.2) is 0 Å². The summed E-state index contributed by atoms with van der Waals surface area (Å²) in [5.41, 5.74) is 3.39. The number of hydrogen-bond acceptors (Lipinski definition) is 6. The first-order valence-electron chi connectivity index (χ1n) is 13.0. The molecule has 0 spiro atoms. The van der Waals surface area contributed by atoms with E-state index < -0.39 is 0 Å². The van der Waals surface area contributed by atoms with Crippen molar-refractivity contribution in [2.24, 2.45) is 12.5 Å². The number of nitrogens with one attached hydrogen (secondary N) is 1. The topological polar surface area (TPSA) is 82.9 Å². The Morgan fingerprint density at radius 1 is 1.11 bits per heavy atom. The van der Waals surface area contributed by atoms with Crippen LogP contribution in [0.2, 0.25) is 0 Å². The molecule has 2 aliphatic heterocycles. The highest BCUT2D eigenvalue weighted by Gasteiger charge is 2.25. The Labute approximate surface area is 220 Å². The molecule has 9 heteroatoms. The number of fused-ring (bicyclic) bond motifs is 1. The van der Waals surface area contributed by atoms with Crippen LogP contribution in [0, 0.1) is 12.3 Å². The molecule has 1 aromatic carbocycles. The van der Waals surface area contributed by atoms with Gasteiger partial charge in [-0.1, -0.05) is 27.4 Å². The van der Waals surface area contributed by atoms with Crippen molar-refractivity contribution in [2.75, 3.05) is 51.2 Å². The van der Waals surface area contributed by atoms with Crippen LogP contribution in [0.5, 0.6) is 5.75 Å². The van der Waals surface area contributed by atoms with E-state index in [2.05, 4.69) is 42.7 Å². The molecule has 2 aliphatic rings. The Balaban J connectivity index is 1.30. The number of carbonyl (C=O) groups is 2. The second-order valence-electron chi connectivity index (χ2n) is 11.3. The normalized spacial score (nSPS) is 16.7. The van der Waals surface area contributed by atoms with Crippen LogP contribution in [0.4, 0.5) is 5.82 Å². The van der Waals surface area contributed by atoms with Gasteiger partial charge in [-0.05, 0) is 49.1 Å². The maximum atomic E-state index is 13.3. The zero-order chi connectivity index (χ0) is 26.7. The van der Waals surface area contributed by atoms with E-state index in [4.69, 9.17) is 4.74 Å². The lowest BCUT2D eigenvalue weighted by atomic mass is 9.92. The van der Waals surface area contributed by atoms with E-state index in [0.717, 1.165) is 61.8 Å². The Hall–Kier alpha value is -3.33. The first kappa shape index (κ1) is 26.7. The summed E-state index contributed by atoms with van der Waals surface area (Å²) in [5.74, 6) is 1.38. The fraction of sp³-hybridized carbons (Fsp3) is 0.536. The van der Waals surface area contributed by atoms with Gasteiger partial charge in [0.25, 0.3) is 11.8 Å². The molecule has 0 atom stereocenters. The molecule has 3 heterocycles. The summed E-state index contributed by atoms with van der Waals surface area (Å²) in [4.78, 5) is 32.1. The fourth-order valence-electron chi connectivity index (χ4n) is 4.67. The van der Waals surface area contributed by atoms with Gasteiger partial charge in [0.2, 0.25) is 0 Å². The lowest BCUT2D eigenvalue weighted by Gasteiger charge is -2.35. The first-order chi connectivity index (χ1) is 17.5. The standard InChI is InChI=1S/C28H40N6O3/c1-20-15-22(27(36)34-17-21(2)30-26-23(18-34)16-29-31(26)6)7-8-24(20)37-19-25(35)33-13-11-32(12-14-33)10-9-28(3,4)5/h7-8,15-16,30H,2,9-14,17-19H2,1,3-6H3. The van der Waals surface area contributed by atoms with E-state index in [-0.39, 0.29) is 18.4 Å². The predicted octanol–water partition coefficient (Wildman–Crippen LogP) is 3.27. The number of aryl methyl sites for hydroxylation is 2. The predicted molar refractivity (Wildman–Crippen MR) is 144 cm³/mol. The summed E-state index contributed by atoms with van der Waals surface area (Å²) in [6.45, 7) is 17.9. The number of carbonyl (C=O) groups excluding carboxylic acids is 2. The summed E-state index contributed by atoms with van der Waals surface area (Å²) >= 11 is 0. The molecule has 9 nitrogen and oxygen atoms in total. The molecule has 4 rings (SSSR count). The molecule has 1 fully saturated rings. The lowest BCUT2D eigenvalue weighted by molar-refractivity contribution is -0.135. The third-order valence-electron chi connectivity index (χ3n) is 7.02. The molecule has 0 bridgehead atoms. The van der Waals surface area contributed by atoms with E-state index in [9.17, 15) is 9.59 Å². The summed E-state index contributed by atoms with van der Waals surface area (Å²) in [7, 11) is 1.86. The third-order valence-corrected chi connectivity index (χ3v) is 7.02. The minimum Gasteiger partial charge on any atom is -0.483 e. The highest BCUT2D eigenvalue weighted by atomic mass is 16.5. The highest BCUT2D eigenvalue weighted by molar-refractivity contribution is 5.95. The quantitative estimate of drug-likeness (QED) is 0.645. The number of benzene rings is 1. The Kier molecular flexibility index (Phi) is 7.92. The average molecular weight is 509 g/mol. The van der Waals surface area contributed by atoms with Crippen molar-refractivity contribution in [3.8, 4) is 5.75 Å². The number of ether oxygens (including phenoxy) is 1. The van der Waals surface area contributed by atoms with Crippen LogP contribution in [0.25, 0.3) is 0 Å². The highest BCUT2D eigenvalue weighted by Crippen LogP contribution is 2.25. The van der Waals surface area contributed by atoms with Crippen LogP contribution >= 0.6 is 0 Å². The Morgan fingerprint density at radius 3 is 2.51 bits per heavy atom. The molecule has 37 heavy (non-hydrogen) atoms. The Morgan fingerprint density at radius 2 is 1.84 bits per heavy atom. The van der Waals surface area contributed by atoms with Crippen molar-refractivity contribution in [3.05, 3.63) is 53.4 Å². The smallest absolute Gasteiger partial charge is 0.260 e. The minimum absolute atomic E-state index is 0.00196. The van der Waals surface area contributed by atoms with E-state index in [1.165, 1.54) is 0 Å². The maximum absolute atomic E-state index is 13.3. The van der Waals surface area contributed by atoms with Crippen molar-refractivity contribution in [3.63, 3.8) is 0 Å². The number of hydrogen-bond donors (Lipinski definition) is 1. The van der Waals surface area contributed by atoms with Gasteiger partial charge in [-0.2, -0.15) is 5.10 Å². The van der Waals surface area contributed by atoms with Crippen LogP contribution in [0.3, 0.4) is 0 Å². The van der Waals surface area contributed by atoms with Crippen LogP contribution in [0.1, 0.15) is 48.7 Å². The number of nitrogens with zero attached hydrogens (tertiary/aromatic N) is 5. The number of aromatic nitrogens is 2. The number of rotatable bonds is 6. The average Bonchev–Trinajstić information content (AvgIpc) is 3.09. The summed E-state index contributed by atoms with van der Waals surface area (Å²) in [6, 6.07) is 5.36. The monoisotopic (exact) mass is 508 g/mol. The van der Waals surface area contributed by atoms with E-state index in [1.807, 2.05) is 24.9 Å². The van der Waals surface area contributed by atoms with Gasteiger partial charge >= 0.3 is 0 Å². The van der Waals surface area contributed by atoms with Crippen molar-refractivity contribution in [2.45, 2.75) is 40.7 Å². The molecular weight excluding hydrogens is 468 g/mol. The molecular formula is C28H40N6O3. The van der Waals surface area contributed by atoms with Crippen molar-refractivity contribution >= 4 is 17.6 Å². The van der Waals surface area contributed by atoms with Gasteiger partial charge in [-0.3, -0.25) is 19.2 Å². The van der Waals surface area contributed by atoms with Crippen LogP contribution in [-0.4, -0.2) is 82.2 Å². The van der Waals surface area contributed by atoms with Crippen molar-refractivity contribution in [1.82, 2.24) is 24.5 Å². The van der Waals surface area contributed by atoms with Gasteiger partial charge in [-0.15, -0.1) is 0 Å². The molecule has 1 N–H and O–H groups in total. The SMILES string of the molecule is C=C1CN(C(=O)c2ccc(OCC(=O)N3CCN(CCC(C)(C)C)CC3)c(C)c2)Cc2cnn(C)c2N1. The van der Waals surface area contributed by atoms with E-state index in [1.54, 1.807) is 27.9 Å². The van der Waals surface area contributed by atoms with Crippen molar-refractivity contribution < 1.29 is 14.3 Å². The van der Waals surface area contributed by atoms with Crippen LogP contribution in [-0.2, 0) is 18.4 Å². The molecule has 2 amide bonds. The zero-order valence-electron chi connectivity index (χ0n) is 22.8. The summed E-state index contributed by atoms with van der Waals surface area (Å²) < 4.78 is 7.62. The molecule has 1 aromatic heterocycles. The van der Waals surface area contributed by atoms with Gasteiger partial charge in [0.1, 0.15) is 11.6 Å². The molecule has 200 valence electrons. The maximum Gasteiger partial charge on any atom is 0.260 e. The molecule has 0 aliphatic carbocycles. The van der Waals surface area contributed by atoms with Gasteiger partial charge in [0.05, 0.1) is 19.3 Å². The third kappa shape index (κ3) is 6.71. The summed E-state index contributed by atoms with van der Waals surface area (Å²) in [5, 5.41) is 7.53. The lowest BCUT2D eigenvalue weighted by Crippen LogP contribution is -2.50. The molecule has 2 aromatic rings. The first-order valence-corrected chi connectivity index (χ1v) is 13.0. The van der Waals surface area contributed by atoms with Crippen LogP contribution in [0.15, 0.2) is 36.7 Å². The van der Waals surface area contributed by atoms with Gasteiger partial charge in [0, 0.05) is 50.1 Å². The molecule has 1 saturated heterocycles. The minimum atomic E-state index is -0.0882. The number of piperazine rings is 1. The van der Waals surface area contributed by atoms with Crippen molar-refractivity contribution in [1.29, 1.82) is 0 Å².